The highest BCUT2D eigenvalue weighted by molar-refractivity contribution is 5.38. The Morgan fingerprint density at radius 2 is 1.59 bits per heavy atom. The molecule has 0 aliphatic carbocycles. The van der Waals surface area contributed by atoms with Crippen molar-refractivity contribution < 1.29 is 30.7 Å². The van der Waals surface area contributed by atoms with E-state index in [2.05, 4.69) is 9.97 Å². The van der Waals surface area contributed by atoms with Crippen LogP contribution >= 0.6 is 0 Å². The summed E-state index contributed by atoms with van der Waals surface area (Å²) in [6, 6.07) is 2.54. The Morgan fingerprint density at radius 1 is 0.963 bits per heavy atom. The summed E-state index contributed by atoms with van der Waals surface area (Å²) in [7, 11) is 0. The number of nitrogens with zero attached hydrogens (tertiary/aromatic N) is 2. The Hall–Kier alpha value is -2.45. The van der Waals surface area contributed by atoms with Crippen molar-refractivity contribution in [3.63, 3.8) is 0 Å². The van der Waals surface area contributed by atoms with Gasteiger partial charge in [0, 0.05) is 6.20 Å². The minimum Gasteiger partial charge on any atom is -0.240 e. The van der Waals surface area contributed by atoms with Crippen LogP contribution in [0.3, 0.4) is 0 Å². The number of allylic oxidation sites excluding steroid dienone is 2. The highest BCUT2D eigenvalue weighted by atomic mass is 19.4. The van der Waals surface area contributed by atoms with Crippen molar-refractivity contribution in [2.75, 3.05) is 0 Å². The SMILES string of the molecule is C/C=C/C[C@](C)(c1cc(F)cc(C(F)(F)F)c1)c1nccc(C(F)(F)F)n1. The first-order valence-electron chi connectivity index (χ1n) is 7.78. The molecule has 0 aliphatic rings. The lowest BCUT2D eigenvalue weighted by Gasteiger charge is -2.29. The number of alkyl halides is 6. The molecule has 2 aromatic rings. The summed E-state index contributed by atoms with van der Waals surface area (Å²) in [5.74, 6) is -1.51. The van der Waals surface area contributed by atoms with Gasteiger partial charge in [0.05, 0.1) is 11.0 Å². The van der Waals surface area contributed by atoms with Crippen LogP contribution in [0.5, 0.6) is 0 Å². The van der Waals surface area contributed by atoms with Crippen LogP contribution in [-0.4, -0.2) is 9.97 Å². The van der Waals surface area contributed by atoms with Gasteiger partial charge in [-0.3, -0.25) is 0 Å². The Balaban J connectivity index is 2.70. The molecule has 0 fully saturated rings. The molecule has 0 saturated heterocycles. The van der Waals surface area contributed by atoms with Gasteiger partial charge in [-0.1, -0.05) is 12.2 Å². The van der Waals surface area contributed by atoms with E-state index in [1.54, 1.807) is 19.1 Å². The van der Waals surface area contributed by atoms with Gasteiger partial charge in [-0.2, -0.15) is 26.3 Å². The zero-order valence-corrected chi connectivity index (χ0v) is 14.3. The first kappa shape index (κ1) is 20.9. The van der Waals surface area contributed by atoms with Crippen molar-refractivity contribution in [2.45, 2.75) is 38.0 Å². The largest absolute Gasteiger partial charge is 0.433 e. The molecular weight excluding hydrogens is 377 g/mol. The second kappa shape index (κ2) is 7.28. The highest BCUT2D eigenvalue weighted by Gasteiger charge is 2.39. The number of aromatic nitrogens is 2. The molecule has 0 saturated carbocycles. The molecule has 1 aromatic carbocycles. The van der Waals surface area contributed by atoms with Crippen LogP contribution in [0.2, 0.25) is 0 Å². The molecule has 0 bridgehead atoms. The average molecular weight is 392 g/mol. The maximum atomic E-state index is 13.9. The molecule has 27 heavy (non-hydrogen) atoms. The monoisotopic (exact) mass is 392 g/mol. The van der Waals surface area contributed by atoms with Crippen LogP contribution in [0.1, 0.15) is 42.9 Å². The summed E-state index contributed by atoms with van der Waals surface area (Å²) in [5, 5.41) is 0. The van der Waals surface area contributed by atoms with Crippen molar-refractivity contribution in [1.29, 1.82) is 0 Å². The second-order valence-electron chi connectivity index (χ2n) is 6.09. The highest BCUT2D eigenvalue weighted by Crippen LogP contribution is 2.39. The summed E-state index contributed by atoms with van der Waals surface area (Å²) >= 11 is 0. The number of rotatable bonds is 4. The fourth-order valence-electron chi connectivity index (χ4n) is 2.55. The predicted molar refractivity (Wildman–Crippen MR) is 84.3 cm³/mol. The van der Waals surface area contributed by atoms with Gasteiger partial charge in [0.1, 0.15) is 17.3 Å². The van der Waals surface area contributed by atoms with E-state index in [1.807, 2.05) is 0 Å². The van der Waals surface area contributed by atoms with E-state index in [-0.39, 0.29) is 17.8 Å². The Labute approximate surface area is 150 Å². The number of halogens is 7. The van der Waals surface area contributed by atoms with Gasteiger partial charge in [-0.15, -0.1) is 0 Å². The van der Waals surface area contributed by atoms with Gasteiger partial charge in [-0.25, -0.2) is 14.4 Å². The third-order valence-corrected chi connectivity index (χ3v) is 4.06. The van der Waals surface area contributed by atoms with Crippen molar-refractivity contribution in [2.24, 2.45) is 0 Å². The molecule has 1 heterocycles. The van der Waals surface area contributed by atoms with Crippen LogP contribution in [0.4, 0.5) is 30.7 Å². The van der Waals surface area contributed by atoms with E-state index in [0.717, 1.165) is 12.3 Å². The second-order valence-corrected chi connectivity index (χ2v) is 6.09. The molecule has 146 valence electrons. The van der Waals surface area contributed by atoms with Gasteiger partial charge >= 0.3 is 12.4 Å². The Bertz CT molecular complexity index is 840. The fourth-order valence-corrected chi connectivity index (χ4v) is 2.55. The summed E-state index contributed by atoms with van der Waals surface area (Å²) in [6.07, 6.45) is -5.59. The van der Waals surface area contributed by atoms with Crippen molar-refractivity contribution in [3.8, 4) is 0 Å². The van der Waals surface area contributed by atoms with E-state index in [4.69, 9.17) is 0 Å². The minimum absolute atomic E-state index is 0.0223. The molecule has 0 N–H and O–H groups in total. The average Bonchev–Trinajstić information content (AvgIpc) is 2.57. The lowest BCUT2D eigenvalue weighted by Crippen LogP contribution is -2.28. The molecule has 9 heteroatoms. The molecule has 2 nitrogen and oxygen atoms in total. The first-order chi connectivity index (χ1) is 12.4. The molecule has 0 aliphatic heterocycles. The van der Waals surface area contributed by atoms with E-state index >= 15 is 0 Å². The molecule has 2 rings (SSSR count). The van der Waals surface area contributed by atoms with E-state index in [9.17, 15) is 30.7 Å². The van der Waals surface area contributed by atoms with Crippen molar-refractivity contribution >= 4 is 0 Å². The Kier molecular flexibility index (Phi) is 5.63. The molecule has 0 unspecified atom stereocenters. The lowest BCUT2D eigenvalue weighted by atomic mass is 9.77. The first-order valence-corrected chi connectivity index (χ1v) is 7.78. The van der Waals surface area contributed by atoms with E-state index in [1.165, 1.54) is 6.92 Å². The standard InChI is InChI=1S/C18H15F7N2/c1-3-4-6-16(2,15-26-7-5-14(27-15)18(23,24)25)11-8-12(17(20,21)22)10-13(19)9-11/h3-5,7-10H,6H2,1-2H3/b4-3+/t16-/m1/s1. The molecule has 0 radical (unpaired) electrons. The quantitative estimate of drug-likeness (QED) is 0.476. The zero-order valence-electron chi connectivity index (χ0n) is 14.3. The van der Waals surface area contributed by atoms with E-state index < -0.39 is 34.8 Å². The summed E-state index contributed by atoms with van der Waals surface area (Å²) in [4.78, 5) is 7.32. The van der Waals surface area contributed by atoms with Gasteiger partial charge in [0.15, 0.2) is 0 Å². The van der Waals surface area contributed by atoms with Crippen LogP contribution in [0.25, 0.3) is 0 Å². The van der Waals surface area contributed by atoms with Crippen LogP contribution < -0.4 is 0 Å². The normalized spacial score (nSPS) is 15.1. The van der Waals surface area contributed by atoms with Gasteiger partial charge in [0.25, 0.3) is 0 Å². The van der Waals surface area contributed by atoms with Crippen molar-refractivity contribution in [3.05, 3.63) is 71.1 Å². The zero-order chi connectivity index (χ0) is 20.5. The summed E-state index contributed by atoms with van der Waals surface area (Å²) < 4.78 is 92.0. The summed E-state index contributed by atoms with van der Waals surface area (Å²) in [6.45, 7) is 3.01. The molecule has 0 spiro atoms. The predicted octanol–water partition coefficient (Wildman–Crippen LogP) is 5.93. The van der Waals surface area contributed by atoms with Crippen LogP contribution in [-0.2, 0) is 17.8 Å². The fraction of sp³-hybridized carbons (Fsp3) is 0.333. The maximum absolute atomic E-state index is 13.9. The topological polar surface area (TPSA) is 25.8 Å². The molecule has 0 amide bonds. The smallest absolute Gasteiger partial charge is 0.240 e. The van der Waals surface area contributed by atoms with E-state index in [0.29, 0.717) is 18.2 Å². The number of benzene rings is 1. The molecule has 1 atom stereocenters. The van der Waals surface area contributed by atoms with Crippen molar-refractivity contribution in [1.82, 2.24) is 9.97 Å². The lowest BCUT2D eigenvalue weighted by molar-refractivity contribution is -0.141. The molecule has 1 aromatic heterocycles. The maximum Gasteiger partial charge on any atom is 0.433 e. The van der Waals surface area contributed by atoms with Crippen LogP contribution in [0.15, 0.2) is 42.6 Å². The van der Waals surface area contributed by atoms with Gasteiger partial charge in [0.2, 0.25) is 0 Å². The molecular formula is C18H15F7N2. The van der Waals surface area contributed by atoms with Gasteiger partial charge < -0.3 is 0 Å². The minimum atomic E-state index is -4.81. The number of hydrogen-bond acceptors (Lipinski definition) is 2. The van der Waals surface area contributed by atoms with Gasteiger partial charge in [-0.05, 0) is 50.1 Å². The third kappa shape index (κ3) is 4.64. The Morgan fingerprint density at radius 3 is 2.15 bits per heavy atom. The summed E-state index contributed by atoms with van der Waals surface area (Å²) in [5.41, 5.74) is -4.15. The van der Waals surface area contributed by atoms with Crippen LogP contribution in [0, 0.1) is 5.82 Å². The number of hydrogen-bond donors (Lipinski definition) is 0. The third-order valence-electron chi connectivity index (χ3n) is 4.06.